The van der Waals surface area contributed by atoms with Gasteiger partial charge in [-0.25, -0.2) is 9.78 Å². The van der Waals surface area contributed by atoms with E-state index >= 15 is 0 Å². The van der Waals surface area contributed by atoms with Gasteiger partial charge in [0.2, 0.25) is 0 Å². The minimum atomic E-state index is -0.407. The lowest BCUT2D eigenvalue weighted by molar-refractivity contribution is 0.517. The Balaban J connectivity index is 1.92. The van der Waals surface area contributed by atoms with E-state index in [2.05, 4.69) is 16.8 Å². The maximum absolute atomic E-state index is 11.9. The summed E-state index contributed by atoms with van der Waals surface area (Å²) in [6.45, 7) is 0.747. The molecule has 1 aromatic carbocycles. The molecule has 3 aromatic rings. The highest BCUT2D eigenvalue weighted by molar-refractivity contribution is 5.67. The van der Waals surface area contributed by atoms with Crippen LogP contribution in [-0.2, 0) is 6.54 Å². The Morgan fingerprint density at radius 1 is 1.24 bits per heavy atom. The quantitative estimate of drug-likeness (QED) is 0.719. The molecule has 0 aliphatic rings. The average molecular weight is 279 g/mol. The maximum atomic E-state index is 11.9. The fraction of sp³-hybridized carbons (Fsp3) is 0.125. The Kier molecular flexibility index (Phi) is 3.54. The Labute approximate surface area is 121 Å². The zero-order valence-corrected chi connectivity index (χ0v) is 11.2. The minimum Gasteiger partial charge on any atom is -0.406 e. The fourth-order valence-electron chi connectivity index (χ4n) is 2.07. The molecule has 0 saturated heterocycles. The predicted molar refractivity (Wildman–Crippen MR) is 79.7 cm³/mol. The SMILES string of the molecule is NCC#Cc1ccc(Cn2c(=O)oc3cccnc32)cc1. The molecule has 0 aliphatic heterocycles. The minimum absolute atomic E-state index is 0.337. The molecule has 2 heterocycles. The summed E-state index contributed by atoms with van der Waals surface area (Å²) < 4.78 is 6.67. The number of fused-ring (bicyclic) bond motifs is 1. The summed E-state index contributed by atoms with van der Waals surface area (Å²) in [6, 6.07) is 11.1. The summed E-state index contributed by atoms with van der Waals surface area (Å²) in [4.78, 5) is 16.1. The van der Waals surface area contributed by atoms with Crippen LogP contribution < -0.4 is 11.5 Å². The Bertz CT molecular complexity index is 880. The molecule has 21 heavy (non-hydrogen) atoms. The number of benzene rings is 1. The Morgan fingerprint density at radius 2 is 2.05 bits per heavy atom. The molecule has 2 N–H and O–H groups in total. The van der Waals surface area contributed by atoms with Crippen molar-refractivity contribution in [3.8, 4) is 11.8 Å². The molecule has 3 rings (SSSR count). The molecular formula is C16H13N3O2. The van der Waals surface area contributed by atoms with E-state index in [0.29, 0.717) is 24.3 Å². The number of rotatable bonds is 2. The van der Waals surface area contributed by atoms with E-state index in [0.717, 1.165) is 11.1 Å². The number of hydrogen-bond donors (Lipinski definition) is 1. The third-order valence-corrected chi connectivity index (χ3v) is 3.05. The van der Waals surface area contributed by atoms with Crippen LogP contribution in [0.4, 0.5) is 0 Å². The van der Waals surface area contributed by atoms with Crippen molar-refractivity contribution in [1.82, 2.24) is 9.55 Å². The van der Waals surface area contributed by atoms with Crippen molar-refractivity contribution in [2.75, 3.05) is 6.54 Å². The van der Waals surface area contributed by atoms with Crippen molar-refractivity contribution in [1.29, 1.82) is 0 Å². The van der Waals surface area contributed by atoms with Crippen LogP contribution in [0, 0.1) is 11.8 Å². The van der Waals surface area contributed by atoms with Crippen LogP contribution in [0.25, 0.3) is 11.2 Å². The van der Waals surface area contributed by atoms with Crippen LogP contribution >= 0.6 is 0 Å². The number of oxazole rings is 1. The average Bonchev–Trinajstić information content (AvgIpc) is 2.83. The van der Waals surface area contributed by atoms with Gasteiger partial charge < -0.3 is 10.2 Å². The van der Waals surface area contributed by atoms with Gasteiger partial charge in [0.1, 0.15) is 0 Å². The summed E-state index contributed by atoms with van der Waals surface area (Å²) in [7, 11) is 0. The highest BCUT2D eigenvalue weighted by Gasteiger charge is 2.09. The van der Waals surface area contributed by atoms with E-state index in [9.17, 15) is 4.79 Å². The molecule has 5 heteroatoms. The molecule has 2 aromatic heterocycles. The van der Waals surface area contributed by atoms with E-state index in [4.69, 9.17) is 10.2 Å². The third-order valence-electron chi connectivity index (χ3n) is 3.05. The molecule has 0 radical (unpaired) electrons. The first kappa shape index (κ1) is 13.2. The van der Waals surface area contributed by atoms with Gasteiger partial charge in [0.15, 0.2) is 11.2 Å². The fourth-order valence-corrected chi connectivity index (χ4v) is 2.07. The summed E-state index contributed by atoms with van der Waals surface area (Å²) >= 11 is 0. The predicted octanol–water partition coefficient (Wildman–Crippen LogP) is 1.35. The molecule has 5 nitrogen and oxygen atoms in total. The number of pyridine rings is 1. The molecule has 0 bridgehead atoms. The van der Waals surface area contributed by atoms with Crippen LogP contribution in [0.5, 0.6) is 0 Å². The van der Waals surface area contributed by atoms with Crippen LogP contribution in [0.2, 0.25) is 0 Å². The van der Waals surface area contributed by atoms with Gasteiger partial charge in [-0.15, -0.1) is 0 Å². The first-order valence-corrected chi connectivity index (χ1v) is 6.50. The van der Waals surface area contributed by atoms with Gasteiger partial charge >= 0.3 is 5.76 Å². The Hall–Kier alpha value is -2.84. The lowest BCUT2D eigenvalue weighted by atomic mass is 10.1. The zero-order valence-electron chi connectivity index (χ0n) is 11.2. The highest BCUT2D eigenvalue weighted by Crippen LogP contribution is 2.11. The third kappa shape index (κ3) is 2.71. The number of hydrogen-bond acceptors (Lipinski definition) is 4. The van der Waals surface area contributed by atoms with E-state index in [-0.39, 0.29) is 0 Å². The van der Waals surface area contributed by atoms with Crippen LogP contribution in [0.1, 0.15) is 11.1 Å². The first-order chi connectivity index (χ1) is 10.3. The van der Waals surface area contributed by atoms with Crippen molar-refractivity contribution >= 4 is 11.2 Å². The van der Waals surface area contributed by atoms with E-state index < -0.39 is 5.76 Å². The van der Waals surface area contributed by atoms with E-state index in [1.807, 2.05) is 24.3 Å². The van der Waals surface area contributed by atoms with Crippen LogP contribution in [-0.4, -0.2) is 16.1 Å². The lowest BCUT2D eigenvalue weighted by Crippen LogP contribution is -2.15. The smallest absolute Gasteiger partial charge is 0.406 e. The molecule has 0 saturated carbocycles. The zero-order chi connectivity index (χ0) is 14.7. The van der Waals surface area contributed by atoms with Gasteiger partial charge in [-0.3, -0.25) is 4.57 Å². The van der Waals surface area contributed by atoms with Gasteiger partial charge in [-0.1, -0.05) is 24.0 Å². The molecule has 0 spiro atoms. The van der Waals surface area contributed by atoms with Gasteiger partial charge in [-0.05, 0) is 29.8 Å². The Morgan fingerprint density at radius 3 is 2.81 bits per heavy atom. The van der Waals surface area contributed by atoms with Crippen molar-refractivity contribution in [2.24, 2.45) is 5.73 Å². The second-order valence-electron chi connectivity index (χ2n) is 4.48. The largest absolute Gasteiger partial charge is 0.421 e. The number of nitrogens with two attached hydrogens (primary N) is 1. The highest BCUT2D eigenvalue weighted by atomic mass is 16.4. The molecule has 104 valence electrons. The second kappa shape index (κ2) is 5.65. The van der Waals surface area contributed by atoms with Crippen LogP contribution in [0.15, 0.2) is 51.8 Å². The van der Waals surface area contributed by atoms with Crippen molar-refractivity contribution < 1.29 is 4.42 Å². The molecule has 0 unspecified atom stereocenters. The lowest BCUT2D eigenvalue weighted by Gasteiger charge is -2.02. The molecule has 0 fully saturated rings. The topological polar surface area (TPSA) is 74.0 Å². The van der Waals surface area contributed by atoms with Crippen molar-refractivity contribution in [3.63, 3.8) is 0 Å². The summed E-state index contributed by atoms with van der Waals surface area (Å²) in [5.74, 6) is 5.35. The standard InChI is InChI=1S/C16H13N3O2/c17-9-1-3-12-5-7-13(8-6-12)11-19-15-14(21-16(19)20)4-2-10-18-15/h2,4-8,10H,9,11,17H2. The second-order valence-corrected chi connectivity index (χ2v) is 4.48. The van der Waals surface area contributed by atoms with Crippen LogP contribution in [0.3, 0.4) is 0 Å². The molecule has 0 atom stereocenters. The molecular weight excluding hydrogens is 266 g/mol. The number of nitrogens with zero attached hydrogens (tertiary/aromatic N) is 2. The van der Waals surface area contributed by atoms with E-state index in [1.54, 1.807) is 18.3 Å². The van der Waals surface area contributed by atoms with Gasteiger partial charge in [0, 0.05) is 11.8 Å². The van der Waals surface area contributed by atoms with Crippen molar-refractivity contribution in [3.05, 3.63) is 64.3 Å². The number of aromatic nitrogens is 2. The van der Waals surface area contributed by atoms with Gasteiger partial charge in [0.25, 0.3) is 0 Å². The first-order valence-electron chi connectivity index (χ1n) is 6.50. The molecule has 0 aliphatic carbocycles. The van der Waals surface area contributed by atoms with Crippen molar-refractivity contribution in [2.45, 2.75) is 6.54 Å². The maximum Gasteiger partial charge on any atom is 0.421 e. The molecule has 0 amide bonds. The normalized spacial score (nSPS) is 10.3. The summed E-state index contributed by atoms with van der Waals surface area (Å²) in [6.07, 6.45) is 1.64. The van der Waals surface area contributed by atoms with Gasteiger partial charge in [-0.2, -0.15) is 0 Å². The summed E-state index contributed by atoms with van der Waals surface area (Å²) in [5.41, 5.74) is 8.25. The van der Waals surface area contributed by atoms with E-state index in [1.165, 1.54) is 4.57 Å². The summed E-state index contributed by atoms with van der Waals surface area (Å²) in [5, 5.41) is 0. The monoisotopic (exact) mass is 279 g/mol. The van der Waals surface area contributed by atoms with Gasteiger partial charge in [0.05, 0.1) is 13.1 Å².